The molecule has 0 heterocycles. The quantitative estimate of drug-likeness (QED) is 0.648. The molecule has 0 saturated heterocycles. The summed E-state index contributed by atoms with van der Waals surface area (Å²) < 4.78 is 31.7. The fourth-order valence-electron chi connectivity index (χ4n) is 1.91. The zero-order chi connectivity index (χ0) is 16.9. The number of rotatable bonds is 2. The molecule has 0 aliphatic rings. The van der Waals surface area contributed by atoms with E-state index in [0.29, 0.717) is 0 Å². The van der Waals surface area contributed by atoms with E-state index in [-0.39, 0.29) is 0 Å². The van der Waals surface area contributed by atoms with Gasteiger partial charge < -0.3 is 10.8 Å². The molecule has 0 bridgehead atoms. The number of halogens is 3. The molecular formula is C16H16F3NO2. The zero-order valence-electron chi connectivity index (χ0n) is 11.9. The van der Waals surface area contributed by atoms with E-state index in [1.165, 1.54) is 16.5 Å². The molecule has 2 aromatic carbocycles. The maximum absolute atomic E-state index is 10.6. The third-order valence-electron chi connectivity index (χ3n) is 3.07. The Bertz CT molecular complexity index is 694. The van der Waals surface area contributed by atoms with Crippen molar-refractivity contribution in [1.82, 2.24) is 0 Å². The van der Waals surface area contributed by atoms with Crippen molar-refractivity contribution in [3.63, 3.8) is 0 Å². The highest BCUT2D eigenvalue weighted by molar-refractivity contribution is 5.95. The van der Waals surface area contributed by atoms with Crippen LogP contribution in [-0.4, -0.2) is 17.3 Å². The number of nitrogen functional groups attached to an aromatic ring is 1. The lowest BCUT2D eigenvalue weighted by Gasteiger charge is -2.10. The Balaban J connectivity index is 0.000000295. The molecule has 0 atom stereocenters. The van der Waals surface area contributed by atoms with Gasteiger partial charge >= 0.3 is 12.1 Å². The van der Waals surface area contributed by atoms with Crippen LogP contribution in [0.3, 0.4) is 0 Å². The second kappa shape index (κ2) is 6.98. The van der Waals surface area contributed by atoms with E-state index in [4.69, 9.17) is 15.6 Å². The van der Waals surface area contributed by atoms with E-state index in [1.54, 1.807) is 0 Å². The Morgan fingerprint density at radius 2 is 1.91 bits per heavy atom. The first-order chi connectivity index (χ1) is 10.2. The highest BCUT2D eigenvalue weighted by Crippen LogP contribution is 2.27. The van der Waals surface area contributed by atoms with Gasteiger partial charge in [0, 0.05) is 11.1 Å². The summed E-state index contributed by atoms with van der Waals surface area (Å²) in [6.07, 6.45) is -2.29. The van der Waals surface area contributed by atoms with Gasteiger partial charge in [-0.1, -0.05) is 36.4 Å². The molecule has 3 nitrogen and oxygen atoms in total. The molecule has 0 saturated carbocycles. The van der Waals surface area contributed by atoms with Crippen molar-refractivity contribution in [3.8, 4) is 0 Å². The maximum atomic E-state index is 10.6. The summed E-state index contributed by atoms with van der Waals surface area (Å²) in [4.78, 5) is 8.90. The van der Waals surface area contributed by atoms with Crippen LogP contribution in [-0.2, 0) is 11.2 Å². The lowest BCUT2D eigenvalue weighted by atomic mass is 9.97. The summed E-state index contributed by atoms with van der Waals surface area (Å²) >= 11 is 0. The summed E-state index contributed by atoms with van der Waals surface area (Å²) in [5.41, 5.74) is 9.45. The molecular weight excluding hydrogens is 295 g/mol. The SMILES string of the molecule is C=CCc1cc2ccccc2c(N)c1C.O=C(O)C(F)(F)F. The fourth-order valence-corrected chi connectivity index (χ4v) is 1.91. The van der Waals surface area contributed by atoms with Crippen molar-refractivity contribution < 1.29 is 23.1 Å². The van der Waals surface area contributed by atoms with Crippen molar-refractivity contribution in [1.29, 1.82) is 0 Å². The first-order valence-electron chi connectivity index (χ1n) is 6.36. The predicted molar refractivity (Wildman–Crippen MR) is 80.7 cm³/mol. The number of carbonyl (C=O) groups is 1. The Kier molecular flexibility index (Phi) is 5.56. The van der Waals surface area contributed by atoms with Gasteiger partial charge in [0.2, 0.25) is 0 Å². The number of carboxylic acid groups (broad SMARTS) is 1. The number of anilines is 1. The minimum Gasteiger partial charge on any atom is -0.475 e. The third-order valence-corrected chi connectivity index (χ3v) is 3.07. The minimum atomic E-state index is -5.08. The number of allylic oxidation sites excluding steroid dienone is 1. The highest BCUT2D eigenvalue weighted by Gasteiger charge is 2.38. The van der Waals surface area contributed by atoms with Crippen LogP contribution >= 0.6 is 0 Å². The van der Waals surface area contributed by atoms with Gasteiger partial charge in [0.1, 0.15) is 0 Å². The molecule has 0 radical (unpaired) electrons. The van der Waals surface area contributed by atoms with E-state index in [1.807, 2.05) is 18.2 Å². The van der Waals surface area contributed by atoms with E-state index in [9.17, 15) is 13.2 Å². The average molecular weight is 311 g/mol. The molecule has 0 amide bonds. The van der Waals surface area contributed by atoms with Gasteiger partial charge in [-0.2, -0.15) is 13.2 Å². The summed E-state index contributed by atoms with van der Waals surface area (Å²) in [5.74, 6) is -2.76. The topological polar surface area (TPSA) is 63.3 Å². The number of benzene rings is 2. The van der Waals surface area contributed by atoms with Crippen molar-refractivity contribution in [2.45, 2.75) is 19.5 Å². The van der Waals surface area contributed by atoms with Crippen LogP contribution in [0.2, 0.25) is 0 Å². The monoisotopic (exact) mass is 311 g/mol. The van der Waals surface area contributed by atoms with Crippen LogP contribution in [0.5, 0.6) is 0 Å². The van der Waals surface area contributed by atoms with Crippen molar-refractivity contribution in [2.75, 3.05) is 5.73 Å². The average Bonchev–Trinajstić information content (AvgIpc) is 2.44. The van der Waals surface area contributed by atoms with E-state index in [2.05, 4.69) is 31.7 Å². The largest absolute Gasteiger partial charge is 0.490 e. The van der Waals surface area contributed by atoms with E-state index in [0.717, 1.165) is 17.5 Å². The zero-order valence-corrected chi connectivity index (χ0v) is 11.9. The second-order valence-corrected chi connectivity index (χ2v) is 4.59. The molecule has 0 fully saturated rings. The standard InChI is InChI=1S/C14H15N.C2HF3O2/c1-3-6-11-9-12-7-4-5-8-13(12)14(15)10(11)2;3-2(4,5)1(6)7/h3-5,7-9H,1,6,15H2,2H3;(H,6,7). The lowest BCUT2D eigenvalue weighted by molar-refractivity contribution is -0.192. The van der Waals surface area contributed by atoms with Gasteiger partial charge in [-0.3, -0.25) is 0 Å². The van der Waals surface area contributed by atoms with Gasteiger partial charge in [-0.15, -0.1) is 6.58 Å². The molecule has 0 spiro atoms. The summed E-state index contributed by atoms with van der Waals surface area (Å²) in [7, 11) is 0. The van der Waals surface area contributed by atoms with Crippen molar-refractivity contribution in [3.05, 3.63) is 54.1 Å². The summed E-state index contributed by atoms with van der Waals surface area (Å²) in [6.45, 7) is 5.84. The maximum Gasteiger partial charge on any atom is 0.490 e. The van der Waals surface area contributed by atoms with Gasteiger partial charge in [-0.25, -0.2) is 4.79 Å². The Labute approximate surface area is 125 Å². The normalized spacial score (nSPS) is 10.7. The number of hydrogen-bond acceptors (Lipinski definition) is 2. The summed E-state index contributed by atoms with van der Waals surface area (Å²) in [5, 5.41) is 9.47. The van der Waals surface area contributed by atoms with Gasteiger partial charge in [0.25, 0.3) is 0 Å². The molecule has 22 heavy (non-hydrogen) atoms. The number of carboxylic acids is 1. The fraction of sp³-hybridized carbons (Fsp3) is 0.188. The van der Waals surface area contributed by atoms with Crippen LogP contribution in [0.1, 0.15) is 11.1 Å². The lowest BCUT2D eigenvalue weighted by Crippen LogP contribution is -2.21. The van der Waals surface area contributed by atoms with Crippen LogP contribution < -0.4 is 5.73 Å². The smallest absolute Gasteiger partial charge is 0.475 e. The number of hydrogen-bond donors (Lipinski definition) is 2. The Morgan fingerprint density at radius 1 is 1.36 bits per heavy atom. The Hall–Kier alpha value is -2.50. The van der Waals surface area contributed by atoms with Crippen LogP contribution in [0.25, 0.3) is 10.8 Å². The van der Waals surface area contributed by atoms with Crippen molar-refractivity contribution in [2.24, 2.45) is 0 Å². The molecule has 118 valence electrons. The number of fused-ring (bicyclic) bond motifs is 1. The Morgan fingerprint density at radius 3 is 2.41 bits per heavy atom. The number of alkyl halides is 3. The third kappa shape index (κ3) is 4.25. The molecule has 3 N–H and O–H groups in total. The number of nitrogens with two attached hydrogens (primary N) is 1. The molecule has 6 heteroatoms. The molecule has 0 aliphatic carbocycles. The molecule has 2 aromatic rings. The van der Waals surface area contributed by atoms with Crippen LogP contribution in [0.15, 0.2) is 43.0 Å². The first kappa shape index (κ1) is 17.6. The first-order valence-corrected chi connectivity index (χ1v) is 6.36. The molecule has 2 rings (SSSR count). The second-order valence-electron chi connectivity index (χ2n) is 4.59. The van der Waals surface area contributed by atoms with Crippen LogP contribution in [0, 0.1) is 6.92 Å². The van der Waals surface area contributed by atoms with E-state index >= 15 is 0 Å². The van der Waals surface area contributed by atoms with E-state index < -0.39 is 12.1 Å². The van der Waals surface area contributed by atoms with Crippen molar-refractivity contribution >= 4 is 22.4 Å². The van der Waals surface area contributed by atoms with Gasteiger partial charge in [0.15, 0.2) is 0 Å². The van der Waals surface area contributed by atoms with Gasteiger partial charge in [0.05, 0.1) is 0 Å². The molecule has 0 aromatic heterocycles. The minimum absolute atomic E-state index is 0.876. The molecule has 0 aliphatic heterocycles. The summed E-state index contributed by atoms with van der Waals surface area (Å²) in [6, 6.07) is 10.4. The predicted octanol–water partition coefficient (Wildman–Crippen LogP) is 4.09. The van der Waals surface area contributed by atoms with Gasteiger partial charge in [-0.05, 0) is 29.9 Å². The highest BCUT2D eigenvalue weighted by atomic mass is 19.4. The number of aliphatic carboxylic acids is 1. The van der Waals surface area contributed by atoms with Crippen LogP contribution in [0.4, 0.5) is 18.9 Å². The molecule has 0 unspecified atom stereocenters.